The fraction of sp³-hybridized carbons (Fsp3) is 0.500. The maximum Gasteiger partial charge on any atom is 0.273 e. The lowest BCUT2D eigenvalue weighted by molar-refractivity contribution is -0.116. The van der Waals surface area contributed by atoms with E-state index in [1.54, 1.807) is 26.5 Å². The Hall–Kier alpha value is -2.88. The largest absolute Gasteiger partial charge is 0.367 e. The highest BCUT2D eigenvalue weighted by Gasteiger charge is 2.33. The zero-order valence-electron chi connectivity index (χ0n) is 19.9. The van der Waals surface area contributed by atoms with E-state index >= 15 is 0 Å². The summed E-state index contributed by atoms with van der Waals surface area (Å²) in [5, 5.41) is 4.21. The number of aryl methyl sites for hydroxylation is 1. The van der Waals surface area contributed by atoms with Crippen molar-refractivity contribution in [1.29, 1.82) is 0 Å². The molecule has 1 fully saturated rings. The van der Waals surface area contributed by atoms with Crippen molar-refractivity contribution in [2.24, 2.45) is 5.10 Å². The fourth-order valence-electron chi connectivity index (χ4n) is 4.39. The summed E-state index contributed by atoms with van der Waals surface area (Å²) in [7, 11) is 3.43. The molecule has 1 saturated carbocycles. The molecule has 0 radical (unpaired) electrons. The van der Waals surface area contributed by atoms with Crippen LogP contribution in [0.4, 0.5) is 0 Å². The lowest BCUT2D eigenvalue weighted by Gasteiger charge is -2.32. The number of hydrogen-bond acceptors (Lipinski definition) is 7. The Morgan fingerprint density at radius 1 is 1.24 bits per heavy atom. The molecule has 1 aliphatic carbocycles. The van der Waals surface area contributed by atoms with Gasteiger partial charge in [0.1, 0.15) is 24.5 Å². The van der Waals surface area contributed by atoms with Crippen LogP contribution in [-0.4, -0.2) is 64.7 Å². The predicted molar refractivity (Wildman–Crippen MR) is 126 cm³/mol. The number of amides is 1. The average Bonchev–Trinajstić information content (AvgIpc) is 3.54. The molecule has 1 aliphatic heterocycles. The first-order valence-electron chi connectivity index (χ1n) is 11.3. The molecule has 2 aliphatic rings. The van der Waals surface area contributed by atoms with Gasteiger partial charge < -0.3 is 14.5 Å². The van der Waals surface area contributed by atoms with Crippen molar-refractivity contribution in [3.63, 3.8) is 0 Å². The van der Waals surface area contributed by atoms with Crippen LogP contribution in [0.25, 0.3) is 6.08 Å². The van der Waals surface area contributed by atoms with E-state index in [9.17, 15) is 4.79 Å². The van der Waals surface area contributed by atoms with E-state index in [0.29, 0.717) is 22.9 Å². The highest BCUT2D eigenvalue weighted by Crippen LogP contribution is 2.45. The molecule has 176 valence electrons. The molecule has 1 amide bonds. The summed E-state index contributed by atoms with van der Waals surface area (Å²) < 4.78 is 11.1. The Morgan fingerprint density at radius 3 is 2.58 bits per heavy atom. The minimum absolute atomic E-state index is 0.0565. The number of carbonyl (C=O) groups excluding carboxylic acids is 1. The molecule has 2 aromatic heterocycles. The molecular weight excluding hydrogens is 420 g/mol. The first-order chi connectivity index (χ1) is 15.9. The van der Waals surface area contributed by atoms with E-state index in [1.165, 1.54) is 17.5 Å². The van der Waals surface area contributed by atoms with Crippen LogP contribution in [0.15, 0.2) is 29.3 Å². The number of H-pyrrole nitrogens is 1. The van der Waals surface area contributed by atoms with Crippen LogP contribution < -0.4 is 5.43 Å². The molecule has 0 bridgehead atoms. The molecule has 3 heterocycles. The van der Waals surface area contributed by atoms with Gasteiger partial charge in [-0.15, -0.1) is 0 Å². The third kappa shape index (κ3) is 4.90. The molecule has 2 unspecified atom stereocenters. The maximum absolute atomic E-state index is 12.6. The van der Waals surface area contributed by atoms with Crippen LogP contribution in [0.3, 0.4) is 0 Å². The van der Waals surface area contributed by atoms with Crippen LogP contribution in [-0.2, 0) is 20.7 Å². The molecule has 2 N–H and O–H groups in total. The average molecular weight is 453 g/mol. The third-order valence-corrected chi connectivity index (χ3v) is 6.49. The highest BCUT2D eigenvalue weighted by molar-refractivity contribution is 6.32. The molecule has 2 atom stereocenters. The first kappa shape index (κ1) is 23.3. The summed E-state index contributed by atoms with van der Waals surface area (Å²) in [5.74, 6) is 0.280. The lowest BCUT2D eigenvalue weighted by Crippen LogP contribution is -2.43. The van der Waals surface area contributed by atoms with E-state index in [4.69, 9.17) is 9.47 Å². The summed E-state index contributed by atoms with van der Waals surface area (Å²) >= 11 is 0. The lowest BCUT2D eigenvalue weighted by atomic mass is 9.98. The summed E-state index contributed by atoms with van der Waals surface area (Å²) in [4.78, 5) is 26.6. The Labute approximate surface area is 194 Å². The van der Waals surface area contributed by atoms with Crippen molar-refractivity contribution >= 4 is 17.7 Å². The second kappa shape index (κ2) is 9.94. The number of carbonyl (C=O) groups is 1. The number of hydrazone groups is 1. The minimum Gasteiger partial charge on any atom is -0.367 e. The Kier molecular flexibility index (Phi) is 7.02. The fourth-order valence-corrected chi connectivity index (χ4v) is 4.39. The van der Waals surface area contributed by atoms with Crippen molar-refractivity contribution in [3.05, 3.63) is 52.4 Å². The van der Waals surface area contributed by atoms with Gasteiger partial charge in [0, 0.05) is 38.3 Å². The predicted octanol–water partition coefficient (Wildman–Crippen LogP) is 2.74. The van der Waals surface area contributed by atoms with E-state index in [1.807, 2.05) is 19.9 Å². The van der Waals surface area contributed by atoms with Crippen molar-refractivity contribution < 1.29 is 14.3 Å². The van der Waals surface area contributed by atoms with Gasteiger partial charge in [0.2, 0.25) is 0 Å². The Balaban J connectivity index is 1.65. The number of ether oxygens (including phenoxy) is 2. The van der Waals surface area contributed by atoms with Gasteiger partial charge in [0.05, 0.1) is 11.3 Å². The first-order valence-corrected chi connectivity index (χ1v) is 11.3. The summed E-state index contributed by atoms with van der Waals surface area (Å²) in [5.41, 5.74) is 8.94. The molecule has 4 rings (SSSR count). The number of aromatic nitrogens is 3. The summed E-state index contributed by atoms with van der Waals surface area (Å²) in [6.45, 7) is 6.96. The number of nitrogens with one attached hydrogen (secondary N) is 2. The third-order valence-electron chi connectivity index (χ3n) is 6.49. The van der Waals surface area contributed by atoms with Gasteiger partial charge in [-0.05, 0) is 69.2 Å². The summed E-state index contributed by atoms with van der Waals surface area (Å²) in [6.07, 6.45) is 8.08. The van der Waals surface area contributed by atoms with Crippen molar-refractivity contribution in [2.45, 2.75) is 58.4 Å². The van der Waals surface area contributed by atoms with Gasteiger partial charge in [0.25, 0.3) is 5.91 Å². The molecular formula is C24H32N6O3. The second-order valence-corrected chi connectivity index (χ2v) is 8.54. The monoisotopic (exact) mass is 452 g/mol. The second-order valence-electron chi connectivity index (χ2n) is 8.54. The van der Waals surface area contributed by atoms with Gasteiger partial charge >= 0.3 is 0 Å². The SMILES string of the molecule is COC(C)N(CCc1c(C)[nH]c(C=C2C(=O)NN=C2c2ccncn2)c1C1CC1)C(C)OC. The van der Waals surface area contributed by atoms with Crippen LogP contribution in [0.5, 0.6) is 0 Å². The van der Waals surface area contributed by atoms with Crippen molar-refractivity contribution in [3.8, 4) is 0 Å². The zero-order valence-corrected chi connectivity index (χ0v) is 19.9. The van der Waals surface area contributed by atoms with Crippen LogP contribution in [0.1, 0.15) is 60.8 Å². The van der Waals surface area contributed by atoms with Gasteiger partial charge in [-0.25, -0.2) is 15.4 Å². The Morgan fingerprint density at radius 2 is 1.97 bits per heavy atom. The molecule has 0 saturated heterocycles. The van der Waals surface area contributed by atoms with E-state index in [0.717, 1.165) is 37.2 Å². The topological polar surface area (TPSA) is 105 Å². The van der Waals surface area contributed by atoms with Gasteiger partial charge in [-0.1, -0.05) is 0 Å². The minimum atomic E-state index is -0.229. The summed E-state index contributed by atoms with van der Waals surface area (Å²) in [6, 6.07) is 1.75. The molecule has 33 heavy (non-hydrogen) atoms. The zero-order chi connectivity index (χ0) is 23.5. The smallest absolute Gasteiger partial charge is 0.273 e. The Bertz CT molecular complexity index is 1050. The maximum atomic E-state index is 12.6. The van der Waals surface area contributed by atoms with Crippen LogP contribution in [0.2, 0.25) is 0 Å². The van der Waals surface area contributed by atoms with Crippen LogP contribution in [0, 0.1) is 6.92 Å². The van der Waals surface area contributed by atoms with Crippen molar-refractivity contribution in [2.75, 3.05) is 20.8 Å². The number of methoxy groups -OCH3 is 2. The molecule has 2 aromatic rings. The van der Waals surface area contributed by atoms with Gasteiger partial charge in [0.15, 0.2) is 0 Å². The normalized spacial score (nSPS) is 19.2. The molecule has 9 heteroatoms. The van der Waals surface area contributed by atoms with E-state index in [2.05, 4.69) is 37.3 Å². The molecule has 0 aromatic carbocycles. The van der Waals surface area contributed by atoms with Gasteiger partial charge in [-0.3, -0.25) is 9.69 Å². The molecule has 9 nitrogen and oxygen atoms in total. The number of nitrogens with zero attached hydrogens (tertiary/aromatic N) is 4. The van der Waals surface area contributed by atoms with Crippen LogP contribution >= 0.6 is 0 Å². The van der Waals surface area contributed by atoms with Crippen molar-refractivity contribution in [1.82, 2.24) is 25.3 Å². The molecule has 0 spiro atoms. The quantitative estimate of drug-likeness (QED) is 0.424. The van der Waals surface area contributed by atoms with E-state index in [-0.39, 0.29) is 18.4 Å². The van der Waals surface area contributed by atoms with E-state index < -0.39 is 0 Å². The standard InChI is InChI=1S/C24H32N6O3/c1-14-18(9-11-30(15(2)32-4)16(3)33-5)22(17-6-7-17)21(27-14)12-19-23(28-29-24(19)31)20-8-10-25-13-26-20/h8,10,12-13,15-17,27H,6-7,9,11H2,1-5H3,(H,29,31). The number of hydrogen-bond donors (Lipinski definition) is 2. The van der Waals surface area contributed by atoms with Gasteiger partial charge in [-0.2, -0.15) is 5.10 Å². The number of rotatable bonds is 10. The highest BCUT2D eigenvalue weighted by atomic mass is 16.5. The number of aromatic amines is 1.